The van der Waals surface area contributed by atoms with Gasteiger partial charge in [-0.25, -0.2) is 0 Å². The lowest BCUT2D eigenvalue weighted by Gasteiger charge is -2.25. The Bertz CT molecular complexity index is 722. The molecule has 0 saturated carbocycles. The first-order valence-electron chi connectivity index (χ1n) is 7.32. The van der Waals surface area contributed by atoms with E-state index < -0.39 is 6.10 Å². The maximum absolute atomic E-state index is 12.8. The van der Waals surface area contributed by atoms with Crippen molar-refractivity contribution in [1.82, 2.24) is 9.88 Å². The predicted octanol–water partition coefficient (Wildman–Crippen LogP) is 2.69. The first-order valence-corrected chi connectivity index (χ1v) is 7.70. The van der Waals surface area contributed by atoms with Crippen LogP contribution in [0.5, 0.6) is 5.75 Å². The molecule has 1 aromatic carbocycles. The molecule has 1 aliphatic heterocycles. The number of aliphatic hydroxyl groups is 1. The summed E-state index contributed by atoms with van der Waals surface area (Å²) in [6, 6.07) is 8.92. The van der Waals surface area contributed by atoms with E-state index in [1.165, 1.54) is 12.4 Å². The number of nitrogens with zero attached hydrogens (tertiary/aromatic N) is 2. The van der Waals surface area contributed by atoms with Gasteiger partial charge in [0, 0.05) is 18.9 Å². The fourth-order valence-corrected chi connectivity index (χ4v) is 3.11. The second-order valence-electron chi connectivity index (χ2n) is 5.49. The molecule has 1 aromatic heterocycles. The zero-order valence-corrected chi connectivity index (χ0v) is 13.4. The van der Waals surface area contributed by atoms with Crippen molar-refractivity contribution in [2.75, 3.05) is 13.7 Å². The maximum atomic E-state index is 12.8. The van der Waals surface area contributed by atoms with Gasteiger partial charge in [0.15, 0.2) is 0 Å². The van der Waals surface area contributed by atoms with Gasteiger partial charge in [0.05, 0.1) is 29.8 Å². The summed E-state index contributed by atoms with van der Waals surface area (Å²) in [7, 11) is 1.60. The van der Waals surface area contributed by atoms with E-state index in [0.29, 0.717) is 17.0 Å². The van der Waals surface area contributed by atoms with Crippen molar-refractivity contribution in [2.45, 2.75) is 18.6 Å². The minimum atomic E-state index is -0.559. The molecule has 0 bridgehead atoms. The third-order valence-electron chi connectivity index (χ3n) is 4.02. The quantitative estimate of drug-likeness (QED) is 0.938. The van der Waals surface area contributed by atoms with Crippen molar-refractivity contribution in [1.29, 1.82) is 0 Å². The second kappa shape index (κ2) is 6.56. The second-order valence-corrected chi connectivity index (χ2v) is 5.90. The predicted molar refractivity (Wildman–Crippen MR) is 86.6 cm³/mol. The number of carbonyl (C=O) groups is 1. The summed E-state index contributed by atoms with van der Waals surface area (Å²) in [6.45, 7) is 0.277. The number of hydrogen-bond acceptors (Lipinski definition) is 4. The van der Waals surface area contributed by atoms with Gasteiger partial charge >= 0.3 is 0 Å². The Balaban J connectivity index is 1.93. The lowest BCUT2D eigenvalue weighted by molar-refractivity contribution is 0.0715. The van der Waals surface area contributed by atoms with E-state index in [9.17, 15) is 9.90 Å². The third-order valence-corrected chi connectivity index (χ3v) is 4.32. The molecular weight excluding hydrogens is 316 g/mol. The summed E-state index contributed by atoms with van der Waals surface area (Å²) in [6.07, 6.45) is 2.91. The topological polar surface area (TPSA) is 62.7 Å². The molecule has 1 saturated heterocycles. The smallest absolute Gasteiger partial charge is 0.256 e. The van der Waals surface area contributed by atoms with Gasteiger partial charge < -0.3 is 14.7 Å². The fraction of sp³-hybridized carbons (Fsp3) is 0.294. The van der Waals surface area contributed by atoms with Crippen LogP contribution in [0, 0.1) is 0 Å². The van der Waals surface area contributed by atoms with E-state index in [4.69, 9.17) is 16.3 Å². The zero-order valence-electron chi connectivity index (χ0n) is 12.6. The molecule has 0 spiro atoms. The van der Waals surface area contributed by atoms with Gasteiger partial charge in [-0.05, 0) is 30.2 Å². The first kappa shape index (κ1) is 15.8. The van der Waals surface area contributed by atoms with Gasteiger partial charge in [0.2, 0.25) is 0 Å². The molecule has 1 amide bonds. The Morgan fingerprint density at radius 2 is 2.26 bits per heavy atom. The molecule has 0 aliphatic carbocycles. The van der Waals surface area contributed by atoms with Crippen molar-refractivity contribution >= 4 is 17.5 Å². The van der Waals surface area contributed by atoms with Gasteiger partial charge in [-0.15, -0.1) is 0 Å². The molecule has 1 aliphatic rings. The summed E-state index contributed by atoms with van der Waals surface area (Å²) < 4.78 is 5.25. The highest BCUT2D eigenvalue weighted by molar-refractivity contribution is 6.33. The standard InChI is InChI=1S/C17H17ClN2O3/c1-23-13-4-2-3-11(7-13)16-8-12(21)10-20(16)17(22)14-5-6-19-9-15(14)18/h2-7,9,12,16,21H,8,10H2,1H3/t12-,16+/m1/s1. The van der Waals surface area contributed by atoms with E-state index >= 15 is 0 Å². The lowest BCUT2D eigenvalue weighted by Crippen LogP contribution is -2.32. The van der Waals surface area contributed by atoms with E-state index in [-0.39, 0.29) is 18.5 Å². The molecule has 3 rings (SSSR count). The summed E-state index contributed by atoms with van der Waals surface area (Å²) in [5.74, 6) is 0.514. The van der Waals surface area contributed by atoms with Crippen LogP contribution in [0.15, 0.2) is 42.7 Å². The number of rotatable bonds is 3. The van der Waals surface area contributed by atoms with Crippen molar-refractivity contribution in [3.63, 3.8) is 0 Å². The zero-order chi connectivity index (χ0) is 16.4. The molecule has 2 atom stereocenters. The van der Waals surface area contributed by atoms with Crippen LogP contribution in [0.2, 0.25) is 5.02 Å². The van der Waals surface area contributed by atoms with Crippen LogP contribution in [-0.4, -0.2) is 40.7 Å². The molecule has 23 heavy (non-hydrogen) atoms. The van der Waals surface area contributed by atoms with Crippen LogP contribution >= 0.6 is 11.6 Å². The largest absolute Gasteiger partial charge is 0.497 e. The summed E-state index contributed by atoms with van der Waals surface area (Å²) in [5, 5.41) is 10.4. The summed E-state index contributed by atoms with van der Waals surface area (Å²) in [4.78, 5) is 18.4. The molecule has 2 aromatic rings. The Morgan fingerprint density at radius 1 is 1.43 bits per heavy atom. The van der Waals surface area contributed by atoms with Crippen molar-refractivity contribution in [3.8, 4) is 5.75 Å². The third kappa shape index (κ3) is 3.16. The normalized spacial score (nSPS) is 20.6. The first-order chi connectivity index (χ1) is 11.1. The monoisotopic (exact) mass is 332 g/mol. The number of amides is 1. The van der Waals surface area contributed by atoms with E-state index in [0.717, 1.165) is 11.3 Å². The van der Waals surface area contributed by atoms with E-state index in [1.54, 1.807) is 18.1 Å². The van der Waals surface area contributed by atoms with Gasteiger partial charge in [0.1, 0.15) is 5.75 Å². The highest BCUT2D eigenvalue weighted by Gasteiger charge is 2.36. The van der Waals surface area contributed by atoms with Gasteiger partial charge in [-0.3, -0.25) is 9.78 Å². The number of β-amino-alcohol motifs (C(OH)–C–C–N with tert-alkyl or cyclic N) is 1. The van der Waals surface area contributed by atoms with Crippen LogP contribution in [0.3, 0.4) is 0 Å². The number of likely N-dealkylation sites (tertiary alicyclic amines) is 1. The summed E-state index contributed by atoms with van der Waals surface area (Å²) in [5.41, 5.74) is 1.32. The molecule has 0 unspecified atom stereocenters. The van der Waals surface area contributed by atoms with E-state index in [2.05, 4.69) is 4.98 Å². The molecule has 1 N–H and O–H groups in total. The number of methoxy groups -OCH3 is 1. The van der Waals surface area contributed by atoms with Gasteiger partial charge in [-0.2, -0.15) is 0 Å². The molecule has 0 radical (unpaired) electrons. The molecule has 120 valence electrons. The maximum Gasteiger partial charge on any atom is 0.256 e. The number of carbonyl (C=O) groups excluding carboxylic acids is 1. The molecule has 2 heterocycles. The number of ether oxygens (including phenoxy) is 1. The molecule has 6 heteroatoms. The number of aromatic nitrogens is 1. The molecule has 1 fully saturated rings. The average Bonchev–Trinajstić information content (AvgIpc) is 2.96. The van der Waals surface area contributed by atoms with Crippen LogP contribution in [0.1, 0.15) is 28.4 Å². The number of halogens is 1. The van der Waals surface area contributed by atoms with Crippen LogP contribution in [0.4, 0.5) is 0 Å². The number of hydrogen-bond donors (Lipinski definition) is 1. The average molecular weight is 333 g/mol. The molecule has 5 nitrogen and oxygen atoms in total. The van der Waals surface area contributed by atoms with Gasteiger partial charge in [-0.1, -0.05) is 23.7 Å². The Hall–Kier alpha value is -2.11. The summed E-state index contributed by atoms with van der Waals surface area (Å²) >= 11 is 6.08. The lowest BCUT2D eigenvalue weighted by atomic mass is 10.0. The fourth-order valence-electron chi connectivity index (χ4n) is 2.91. The number of pyridine rings is 1. The van der Waals surface area contributed by atoms with Crippen LogP contribution in [-0.2, 0) is 0 Å². The Morgan fingerprint density at radius 3 is 3.00 bits per heavy atom. The van der Waals surface area contributed by atoms with Gasteiger partial charge in [0.25, 0.3) is 5.91 Å². The van der Waals surface area contributed by atoms with E-state index in [1.807, 2.05) is 24.3 Å². The van der Waals surface area contributed by atoms with Crippen LogP contribution in [0.25, 0.3) is 0 Å². The molecular formula is C17H17ClN2O3. The Kier molecular flexibility index (Phi) is 4.50. The van der Waals surface area contributed by atoms with Crippen molar-refractivity contribution < 1.29 is 14.6 Å². The van der Waals surface area contributed by atoms with Crippen molar-refractivity contribution in [2.24, 2.45) is 0 Å². The number of benzene rings is 1. The minimum absolute atomic E-state index is 0.207. The highest BCUT2D eigenvalue weighted by atomic mass is 35.5. The number of aliphatic hydroxyl groups excluding tert-OH is 1. The SMILES string of the molecule is COc1cccc([C@@H]2C[C@@H](O)CN2C(=O)c2ccncc2Cl)c1. The minimum Gasteiger partial charge on any atom is -0.497 e. The Labute approximate surface area is 139 Å². The van der Waals surface area contributed by atoms with Crippen LogP contribution < -0.4 is 4.74 Å². The highest BCUT2D eigenvalue weighted by Crippen LogP contribution is 2.35. The van der Waals surface area contributed by atoms with Crippen molar-refractivity contribution in [3.05, 3.63) is 58.9 Å².